The lowest BCUT2D eigenvalue weighted by Crippen LogP contribution is -2.41. The summed E-state index contributed by atoms with van der Waals surface area (Å²) in [6.45, 7) is 13.8. The Bertz CT molecular complexity index is 463. The molecule has 5 heteroatoms. The Morgan fingerprint density at radius 3 is 2.38 bits per heavy atom. The van der Waals surface area contributed by atoms with Crippen LogP contribution in [-0.4, -0.2) is 45.8 Å². The van der Waals surface area contributed by atoms with Gasteiger partial charge >= 0.3 is 0 Å². The van der Waals surface area contributed by atoms with Crippen molar-refractivity contribution in [2.45, 2.75) is 65.0 Å². The van der Waals surface area contributed by atoms with E-state index in [1.807, 2.05) is 19.9 Å². The third-order valence-corrected chi connectivity index (χ3v) is 8.09. The number of ether oxygens (including phenoxy) is 2. The van der Waals surface area contributed by atoms with Crippen molar-refractivity contribution in [1.29, 1.82) is 0 Å². The Kier molecular flexibility index (Phi) is 8.01. The van der Waals surface area contributed by atoms with Gasteiger partial charge in [0.15, 0.2) is 5.76 Å². The molecule has 0 spiro atoms. The molecule has 1 fully saturated rings. The molecular weight excluding hydrogens is 318 g/mol. The second-order valence-corrected chi connectivity index (χ2v) is 12.1. The average Bonchev–Trinajstić information content (AvgIpc) is 3.06. The van der Waals surface area contributed by atoms with Gasteiger partial charge in [-0.15, -0.1) is 0 Å². The van der Waals surface area contributed by atoms with Gasteiger partial charge in [-0.3, -0.25) is 0 Å². The van der Waals surface area contributed by atoms with Crippen molar-refractivity contribution in [3.05, 3.63) is 17.9 Å². The van der Waals surface area contributed by atoms with Gasteiger partial charge in [-0.05, 0) is 70.9 Å². The van der Waals surface area contributed by atoms with E-state index in [0.29, 0.717) is 13.2 Å². The van der Waals surface area contributed by atoms with Gasteiger partial charge in [0.1, 0.15) is 8.07 Å². The Labute approximate surface area is 148 Å². The van der Waals surface area contributed by atoms with E-state index in [-0.39, 0.29) is 6.29 Å². The van der Waals surface area contributed by atoms with Crippen molar-refractivity contribution in [2.24, 2.45) is 0 Å². The van der Waals surface area contributed by atoms with Crippen molar-refractivity contribution in [3.8, 4) is 0 Å². The van der Waals surface area contributed by atoms with Gasteiger partial charge in [-0.25, -0.2) is 0 Å². The number of hydrogen-bond donors (Lipinski definition) is 0. The zero-order valence-corrected chi connectivity index (χ0v) is 17.0. The molecule has 1 saturated heterocycles. The first kappa shape index (κ1) is 19.7. The van der Waals surface area contributed by atoms with E-state index in [4.69, 9.17) is 13.9 Å². The summed E-state index contributed by atoms with van der Waals surface area (Å²) >= 11 is 0. The topological polar surface area (TPSA) is 34.8 Å². The van der Waals surface area contributed by atoms with Crippen molar-refractivity contribution >= 4 is 13.5 Å². The van der Waals surface area contributed by atoms with Crippen LogP contribution in [0.5, 0.6) is 0 Å². The van der Waals surface area contributed by atoms with Crippen LogP contribution in [0.3, 0.4) is 0 Å². The third kappa shape index (κ3) is 5.72. The SMILES string of the molecule is CCOC(OCC)c1ccc([Si](C)(C)CCCN2CCCCC2)o1. The zero-order chi connectivity index (χ0) is 17.4. The van der Waals surface area contributed by atoms with Crippen LogP contribution in [0.15, 0.2) is 16.5 Å². The van der Waals surface area contributed by atoms with E-state index in [1.54, 1.807) is 0 Å². The predicted molar refractivity (Wildman–Crippen MR) is 102 cm³/mol. The minimum absolute atomic E-state index is 0.369. The van der Waals surface area contributed by atoms with E-state index in [0.717, 1.165) is 5.76 Å². The van der Waals surface area contributed by atoms with Crippen molar-refractivity contribution in [2.75, 3.05) is 32.8 Å². The summed E-state index contributed by atoms with van der Waals surface area (Å²) in [6, 6.07) is 5.45. The molecule has 1 aromatic rings. The molecule has 0 saturated carbocycles. The van der Waals surface area contributed by atoms with Crippen LogP contribution < -0.4 is 5.38 Å². The molecule has 2 heterocycles. The molecule has 138 valence electrons. The molecular formula is C19H35NO3Si. The molecule has 24 heavy (non-hydrogen) atoms. The quantitative estimate of drug-likeness (QED) is 0.468. The smallest absolute Gasteiger partial charge is 0.217 e. The van der Waals surface area contributed by atoms with E-state index in [9.17, 15) is 0 Å². The van der Waals surface area contributed by atoms with Crippen molar-refractivity contribution < 1.29 is 13.9 Å². The molecule has 0 amide bonds. The number of piperidine rings is 1. The molecule has 0 radical (unpaired) electrons. The van der Waals surface area contributed by atoms with Crippen molar-refractivity contribution in [1.82, 2.24) is 4.90 Å². The molecule has 0 atom stereocenters. The second kappa shape index (κ2) is 9.75. The van der Waals surface area contributed by atoms with Gasteiger partial charge < -0.3 is 18.8 Å². The Morgan fingerprint density at radius 1 is 1.08 bits per heavy atom. The highest BCUT2D eigenvalue weighted by atomic mass is 28.3. The summed E-state index contributed by atoms with van der Waals surface area (Å²) in [4.78, 5) is 2.63. The molecule has 0 N–H and O–H groups in total. The lowest BCUT2D eigenvalue weighted by atomic mass is 10.1. The van der Waals surface area contributed by atoms with Gasteiger partial charge in [0, 0.05) is 13.2 Å². The Hall–Kier alpha value is -0.623. The van der Waals surface area contributed by atoms with Gasteiger partial charge in [0.2, 0.25) is 6.29 Å². The molecule has 4 nitrogen and oxygen atoms in total. The van der Waals surface area contributed by atoms with Crippen LogP contribution in [0.25, 0.3) is 0 Å². The summed E-state index contributed by atoms with van der Waals surface area (Å²) in [7, 11) is -1.54. The van der Waals surface area contributed by atoms with E-state index in [2.05, 4.69) is 24.1 Å². The van der Waals surface area contributed by atoms with Crippen molar-refractivity contribution in [3.63, 3.8) is 0 Å². The number of likely N-dealkylation sites (tertiary alicyclic amines) is 1. The summed E-state index contributed by atoms with van der Waals surface area (Å²) in [5, 5.41) is 1.17. The summed E-state index contributed by atoms with van der Waals surface area (Å²) < 4.78 is 17.5. The van der Waals surface area contributed by atoms with E-state index < -0.39 is 8.07 Å². The predicted octanol–water partition coefficient (Wildman–Crippen LogP) is 4.14. The highest BCUT2D eigenvalue weighted by Crippen LogP contribution is 2.22. The minimum atomic E-state index is -1.54. The van der Waals surface area contributed by atoms with Crippen LogP contribution in [0, 0.1) is 0 Å². The first-order valence-electron chi connectivity index (χ1n) is 9.62. The van der Waals surface area contributed by atoms with Crippen LogP contribution in [0.1, 0.15) is 51.6 Å². The fraction of sp³-hybridized carbons (Fsp3) is 0.789. The monoisotopic (exact) mass is 353 g/mol. The second-order valence-electron chi connectivity index (χ2n) is 7.33. The molecule has 0 aromatic carbocycles. The maximum atomic E-state index is 6.16. The molecule has 1 aliphatic rings. The van der Waals surface area contributed by atoms with Gasteiger partial charge in [-0.2, -0.15) is 0 Å². The highest BCUT2D eigenvalue weighted by molar-refractivity contribution is 6.88. The van der Waals surface area contributed by atoms with E-state index in [1.165, 1.54) is 56.7 Å². The van der Waals surface area contributed by atoms with E-state index >= 15 is 0 Å². The van der Waals surface area contributed by atoms with Gasteiger partial charge in [0.25, 0.3) is 0 Å². The molecule has 1 aromatic heterocycles. The van der Waals surface area contributed by atoms with Crippen LogP contribution in [-0.2, 0) is 9.47 Å². The first-order valence-corrected chi connectivity index (χ1v) is 12.8. The largest absolute Gasteiger partial charge is 0.466 e. The lowest BCUT2D eigenvalue weighted by molar-refractivity contribution is -0.150. The third-order valence-electron chi connectivity index (χ3n) is 4.89. The first-order chi connectivity index (χ1) is 11.6. The lowest BCUT2D eigenvalue weighted by Gasteiger charge is -2.28. The summed E-state index contributed by atoms with van der Waals surface area (Å²) in [6.07, 6.45) is 5.06. The summed E-state index contributed by atoms with van der Waals surface area (Å²) in [5.41, 5.74) is 0. The minimum Gasteiger partial charge on any atom is -0.466 e. The van der Waals surface area contributed by atoms with Gasteiger partial charge in [0.05, 0.1) is 5.38 Å². The number of rotatable bonds is 10. The van der Waals surface area contributed by atoms with Crippen LogP contribution >= 0.6 is 0 Å². The molecule has 0 aliphatic carbocycles. The van der Waals surface area contributed by atoms with Crippen LogP contribution in [0.2, 0.25) is 19.1 Å². The molecule has 2 rings (SSSR count). The average molecular weight is 354 g/mol. The number of nitrogens with zero attached hydrogens (tertiary/aromatic N) is 1. The zero-order valence-electron chi connectivity index (χ0n) is 16.0. The molecule has 0 bridgehead atoms. The fourth-order valence-electron chi connectivity index (χ4n) is 3.41. The summed E-state index contributed by atoms with van der Waals surface area (Å²) in [5.74, 6) is 0.810. The molecule has 1 aliphatic heterocycles. The maximum absolute atomic E-state index is 6.16. The Morgan fingerprint density at radius 2 is 1.75 bits per heavy atom. The Balaban J connectivity index is 1.88. The standard InChI is InChI=1S/C19H35NO3Si/c1-5-21-19(22-6-2)17-11-12-18(23-17)24(3,4)16-10-15-20-13-8-7-9-14-20/h11-12,19H,5-10,13-16H2,1-4H3. The maximum Gasteiger partial charge on any atom is 0.217 e. The number of hydrogen-bond acceptors (Lipinski definition) is 4. The van der Waals surface area contributed by atoms with Crippen LogP contribution in [0.4, 0.5) is 0 Å². The molecule has 0 unspecified atom stereocenters. The van der Waals surface area contributed by atoms with Gasteiger partial charge in [-0.1, -0.05) is 19.5 Å². The highest BCUT2D eigenvalue weighted by Gasteiger charge is 2.29. The number of furan rings is 1. The fourth-order valence-corrected chi connectivity index (χ4v) is 5.63. The normalized spacial score (nSPS) is 16.9.